The molecular weight excluding hydrogens is 409 g/mol. The fourth-order valence-electron chi connectivity index (χ4n) is 2.52. The molecule has 0 spiro atoms. The van der Waals surface area contributed by atoms with E-state index in [0.717, 1.165) is 4.90 Å². The molecule has 1 aliphatic heterocycles. The van der Waals surface area contributed by atoms with Crippen molar-refractivity contribution in [3.8, 4) is 5.75 Å². The van der Waals surface area contributed by atoms with Crippen LogP contribution in [0, 0.1) is 11.3 Å². The number of methoxy groups -OCH3 is 1. The minimum atomic E-state index is -0.985. The molecular formula is C15H16BrCl2NO4. The highest BCUT2D eigenvalue weighted by Gasteiger charge is 2.56. The van der Waals surface area contributed by atoms with Gasteiger partial charge in [-0.1, -0.05) is 29.8 Å². The van der Waals surface area contributed by atoms with E-state index < -0.39 is 22.1 Å². The zero-order chi connectivity index (χ0) is 17.4. The number of carbonyl (C=O) groups is 2. The lowest BCUT2D eigenvalue weighted by Gasteiger charge is -2.22. The van der Waals surface area contributed by atoms with E-state index >= 15 is 0 Å². The number of nitrogens with zero attached hydrogens (tertiary/aromatic N) is 1. The number of halogens is 3. The largest absolute Gasteiger partial charge is 0.467 e. The van der Waals surface area contributed by atoms with E-state index in [2.05, 4.69) is 15.9 Å². The van der Waals surface area contributed by atoms with Crippen LogP contribution >= 0.6 is 39.1 Å². The van der Waals surface area contributed by atoms with Crippen LogP contribution in [-0.2, 0) is 14.3 Å². The molecule has 0 aliphatic carbocycles. The maximum absolute atomic E-state index is 12.7. The molecule has 1 fully saturated rings. The van der Waals surface area contributed by atoms with Crippen LogP contribution in [0.2, 0.25) is 0 Å². The van der Waals surface area contributed by atoms with Crippen LogP contribution in [0.3, 0.4) is 0 Å². The van der Waals surface area contributed by atoms with Gasteiger partial charge in [-0.05, 0) is 12.1 Å². The SMILES string of the molecule is COCOc1cc(Br)cc(N2C(=O)C(C(Cl)Cl)C(C)(C)C2=O)c1. The molecule has 1 unspecified atom stereocenters. The average molecular weight is 425 g/mol. The Morgan fingerprint density at radius 3 is 2.48 bits per heavy atom. The quantitative estimate of drug-likeness (QED) is 0.410. The third kappa shape index (κ3) is 3.50. The standard InChI is InChI=1S/C15H16BrCl2NO4/c1-15(2)11(12(17)18)13(20)19(14(15)21)9-4-8(16)5-10(6-9)23-7-22-3/h4-6,11-12H,7H2,1-3H3. The van der Waals surface area contributed by atoms with Crippen molar-refractivity contribution in [2.75, 3.05) is 18.8 Å². The first-order valence-electron chi connectivity index (χ1n) is 6.79. The van der Waals surface area contributed by atoms with E-state index in [1.165, 1.54) is 7.11 Å². The van der Waals surface area contributed by atoms with Crippen molar-refractivity contribution in [1.29, 1.82) is 0 Å². The minimum Gasteiger partial charge on any atom is -0.467 e. The fourth-order valence-corrected chi connectivity index (χ4v) is 3.83. The zero-order valence-electron chi connectivity index (χ0n) is 12.8. The first-order chi connectivity index (χ1) is 10.7. The number of carbonyl (C=O) groups excluding carboxylic acids is 2. The van der Waals surface area contributed by atoms with E-state index in [9.17, 15) is 9.59 Å². The summed E-state index contributed by atoms with van der Waals surface area (Å²) >= 11 is 15.2. The number of benzene rings is 1. The summed E-state index contributed by atoms with van der Waals surface area (Å²) in [6.07, 6.45) is 0. The topological polar surface area (TPSA) is 55.8 Å². The number of hydrogen-bond acceptors (Lipinski definition) is 4. The summed E-state index contributed by atoms with van der Waals surface area (Å²) in [5, 5.41) is 0. The second-order valence-corrected chi connectivity index (χ2v) is 7.79. The zero-order valence-corrected chi connectivity index (χ0v) is 15.9. The van der Waals surface area contributed by atoms with Gasteiger partial charge in [-0.3, -0.25) is 9.59 Å². The van der Waals surface area contributed by atoms with Crippen LogP contribution in [0.5, 0.6) is 5.75 Å². The van der Waals surface area contributed by atoms with Gasteiger partial charge in [-0.15, -0.1) is 23.2 Å². The molecule has 0 saturated carbocycles. The van der Waals surface area contributed by atoms with E-state index in [-0.39, 0.29) is 12.7 Å². The third-order valence-corrected chi connectivity index (χ3v) is 4.69. The molecule has 1 aromatic carbocycles. The van der Waals surface area contributed by atoms with E-state index in [4.69, 9.17) is 32.7 Å². The van der Waals surface area contributed by atoms with Gasteiger partial charge in [0.2, 0.25) is 11.8 Å². The summed E-state index contributed by atoms with van der Waals surface area (Å²) in [6.45, 7) is 3.38. The molecule has 8 heteroatoms. The Bertz CT molecular complexity index is 636. The van der Waals surface area contributed by atoms with Crippen molar-refractivity contribution in [3.63, 3.8) is 0 Å². The Labute approximate surface area is 152 Å². The predicted molar refractivity (Wildman–Crippen MR) is 91.9 cm³/mol. The first-order valence-corrected chi connectivity index (χ1v) is 8.45. The minimum absolute atomic E-state index is 0.0529. The van der Waals surface area contributed by atoms with Gasteiger partial charge in [0, 0.05) is 17.6 Å². The number of rotatable bonds is 5. The third-order valence-electron chi connectivity index (χ3n) is 3.73. The van der Waals surface area contributed by atoms with Gasteiger partial charge in [0.25, 0.3) is 0 Å². The maximum atomic E-state index is 12.7. The van der Waals surface area contributed by atoms with Crippen LogP contribution in [0.15, 0.2) is 22.7 Å². The van der Waals surface area contributed by atoms with Gasteiger partial charge in [0.15, 0.2) is 6.79 Å². The maximum Gasteiger partial charge on any atom is 0.240 e. The number of ether oxygens (including phenoxy) is 2. The highest BCUT2D eigenvalue weighted by Crippen LogP contribution is 2.45. The van der Waals surface area contributed by atoms with Crippen molar-refractivity contribution in [1.82, 2.24) is 0 Å². The first kappa shape index (κ1) is 18.5. The summed E-state index contributed by atoms with van der Waals surface area (Å²) in [5.74, 6) is -1.12. The van der Waals surface area contributed by atoms with Gasteiger partial charge in [-0.2, -0.15) is 0 Å². The van der Waals surface area contributed by atoms with Crippen molar-refractivity contribution in [3.05, 3.63) is 22.7 Å². The molecule has 0 radical (unpaired) electrons. The number of hydrogen-bond donors (Lipinski definition) is 0. The molecule has 0 bridgehead atoms. The molecule has 23 heavy (non-hydrogen) atoms. The molecule has 1 aliphatic rings. The average Bonchev–Trinajstić information content (AvgIpc) is 2.61. The van der Waals surface area contributed by atoms with Crippen molar-refractivity contribution >= 4 is 56.6 Å². The predicted octanol–water partition coefficient (Wildman–Crippen LogP) is 3.75. The van der Waals surface area contributed by atoms with Crippen molar-refractivity contribution in [2.24, 2.45) is 11.3 Å². The monoisotopic (exact) mass is 423 g/mol. The second-order valence-electron chi connectivity index (χ2n) is 5.71. The van der Waals surface area contributed by atoms with Crippen molar-refractivity contribution in [2.45, 2.75) is 18.7 Å². The fraction of sp³-hybridized carbons (Fsp3) is 0.467. The second kappa shape index (κ2) is 6.97. The van der Waals surface area contributed by atoms with E-state index in [0.29, 0.717) is 15.9 Å². The Hall–Kier alpha value is -0.820. The van der Waals surface area contributed by atoms with E-state index in [1.807, 2.05) is 0 Å². The molecule has 1 saturated heterocycles. The summed E-state index contributed by atoms with van der Waals surface area (Å²) in [7, 11) is 1.50. The Morgan fingerprint density at radius 1 is 1.30 bits per heavy atom. The highest BCUT2D eigenvalue weighted by molar-refractivity contribution is 9.10. The molecule has 5 nitrogen and oxygen atoms in total. The summed E-state index contributed by atoms with van der Waals surface area (Å²) in [4.78, 5) is 25.5. The van der Waals surface area contributed by atoms with E-state index in [1.54, 1.807) is 32.0 Å². The molecule has 1 aromatic rings. The molecule has 1 heterocycles. The van der Waals surface area contributed by atoms with Gasteiger partial charge < -0.3 is 9.47 Å². The van der Waals surface area contributed by atoms with Gasteiger partial charge >= 0.3 is 0 Å². The molecule has 1 atom stereocenters. The van der Waals surface area contributed by atoms with Crippen LogP contribution in [0.4, 0.5) is 5.69 Å². The summed E-state index contributed by atoms with van der Waals surface area (Å²) < 4.78 is 10.9. The molecule has 2 rings (SSSR count). The number of anilines is 1. The lowest BCUT2D eigenvalue weighted by molar-refractivity contribution is -0.125. The lowest BCUT2D eigenvalue weighted by Crippen LogP contribution is -2.33. The van der Waals surface area contributed by atoms with Crippen LogP contribution in [0.25, 0.3) is 0 Å². The normalized spacial score (nSPS) is 20.5. The molecule has 2 amide bonds. The molecule has 0 N–H and O–H groups in total. The smallest absolute Gasteiger partial charge is 0.240 e. The lowest BCUT2D eigenvalue weighted by atomic mass is 9.82. The Morgan fingerprint density at radius 2 is 1.96 bits per heavy atom. The van der Waals surface area contributed by atoms with Gasteiger partial charge in [0.05, 0.1) is 17.0 Å². The Kier molecular flexibility index (Phi) is 5.61. The Balaban J connectivity index is 2.43. The van der Waals surface area contributed by atoms with Crippen molar-refractivity contribution < 1.29 is 19.1 Å². The highest BCUT2D eigenvalue weighted by atomic mass is 79.9. The van der Waals surface area contributed by atoms with Crippen LogP contribution in [0.1, 0.15) is 13.8 Å². The van der Waals surface area contributed by atoms with Crippen LogP contribution in [-0.4, -0.2) is 30.6 Å². The molecule has 126 valence electrons. The number of alkyl halides is 2. The van der Waals surface area contributed by atoms with Gasteiger partial charge in [0.1, 0.15) is 10.6 Å². The van der Waals surface area contributed by atoms with Crippen LogP contribution < -0.4 is 9.64 Å². The summed E-state index contributed by atoms with van der Waals surface area (Å²) in [6, 6.07) is 4.96. The molecule has 0 aromatic heterocycles. The number of imide groups is 1. The number of amides is 2. The summed E-state index contributed by atoms with van der Waals surface area (Å²) in [5.41, 5.74) is -0.591. The van der Waals surface area contributed by atoms with Gasteiger partial charge in [-0.25, -0.2) is 4.90 Å².